The van der Waals surface area contributed by atoms with E-state index in [-0.39, 0.29) is 41.1 Å². The van der Waals surface area contributed by atoms with Crippen molar-refractivity contribution in [2.45, 2.75) is 18.9 Å². The molecule has 1 aromatic heterocycles. The SMILES string of the molecule is O=C(CCC(=O)c1cc2c(o1)C(=O)c1ccccc1C2=O)OCOC(=O)OCC(O)CO. The molecule has 0 radical (unpaired) electrons. The third-order valence-electron chi connectivity index (χ3n) is 4.43. The summed E-state index contributed by atoms with van der Waals surface area (Å²) in [6.45, 7) is -1.89. The largest absolute Gasteiger partial charge is 0.511 e. The summed E-state index contributed by atoms with van der Waals surface area (Å²) in [6, 6.07) is 7.41. The third kappa shape index (κ3) is 5.07. The number of rotatable bonds is 9. The third-order valence-corrected chi connectivity index (χ3v) is 4.43. The summed E-state index contributed by atoms with van der Waals surface area (Å²) in [5, 5.41) is 17.6. The standard InChI is InChI=1S/C21H18O11/c22-8-11(23)9-29-21(28)31-10-30-17(25)6-5-15(24)16-7-14-18(26)12-3-1-2-4-13(12)19(27)20(14)32-16/h1-4,7,11,22-23H,5-6,8-10H2. The lowest BCUT2D eigenvalue weighted by atomic mass is 9.88. The first-order chi connectivity index (χ1) is 15.3. The average molecular weight is 446 g/mol. The van der Waals surface area contributed by atoms with Gasteiger partial charge in [0.2, 0.25) is 12.6 Å². The molecule has 168 valence electrons. The van der Waals surface area contributed by atoms with Gasteiger partial charge in [0, 0.05) is 17.5 Å². The van der Waals surface area contributed by atoms with Crippen LogP contribution in [0.3, 0.4) is 0 Å². The van der Waals surface area contributed by atoms with Crippen molar-refractivity contribution in [3.8, 4) is 0 Å². The molecule has 0 aliphatic heterocycles. The highest BCUT2D eigenvalue weighted by Crippen LogP contribution is 2.30. The predicted molar refractivity (Wildman–Crippen MR) is 102 cm³/mol. The smallest absolute Gasteiger partial charge is 0.449 e. The van der Waals surface area contributed by atoms with Crippen molar-refractivity contribution in [2.24, 2.45) is 0 Å². The van der Waals surface area contributed by atoms with Crippen molar-refractivity contribution in [3.63, 3.8) is 0 Å². The fourth-order valence-electron chi connectivity index (χ4n) is 2.83. The van der Waals surface area contributed by atoms with E-state index in [1.807, 2.05) is 0 Å². The van der Waals surface area contributed by atoms with Crippen molar-refractivity contribution in [1.82, 2.24) is 0 Å². The number of ether oxygens (including phenoxy) is 3. The molecule has 32 heavy (non-hydrogen) atoms. The van der Waals surface area contributed by atoms with Crippen LogP contribution < -0.4 is 0 Å². The van der Waals surface area contributed by atoms with Gasteiger partial charge in [0.15, 0.2) is 23.1 Å². The summed E-state index contributed by atoms with van der Waals surface area (Å²) in [5.74, 6) is -2.90. The molecule has 1 atom stereocenters. The maximum atomic E-state index is 12.6. The van der Waals surface area contributed by atoms with Crippen molar-refractivity contribution in [2.75, 3.05) is 20.0 Å². The number of ketones is 3. The van der Waals surface area contributed by atoms with Crippen molar-refractivity contribution < 1.29 is 52.8 Å². The van der Waals surface area contributed by atoms with Gasteiger partial charge in [-0.05, 0) is 6.07 Å². The molecule has 11 nitrogen and oxygen atoms in total. The minimum absolute atomic E-state index is 0.0159. The van der Waals surface area contributed by atoms with Gasteiger partial charge in [0.05, 0.1) is 18.6 Å². The quantitative estimate of drug-likeness (QED) is 0.274. The Morgan fingerprint density at radius 2 is 1.62 bits per heavy atom. The molecule has 11 heteroatoms. The molecule has 0 saturated heterocycles. The summed E-state index contributed by atoms with van der Waals surface area (Å²) in [4.78, 5) is 60.3. The second-order valence-electron chi connectivity index (χ2n) is 6.66. The van der Waals surface area contributed by atoms with Crippen LogP contribution in [0.15, 0.2) is 34.7 Å². The molecule has 0 fully saturated rings. The van der Waals surface area contributed by atoms with Crippen LogP contribution in [0.1, 0.15) is 55.4 Å². The number of furan rings is 1. The number of hydrogen-bond acceptors (Lipinski definition) is 11. The topological polar surface area (TPSA) is 167 Å². The fourth-order valence-corrected chi connectivity index (χ4v) is 2.83. The monoisotopic (exact) mass is 446 g/mol. The molecular formula is C21H18O11. The van der Waals surface area contributed by atoms with Crippen molar-refractivity contribution in [1.29, 1.82) is 0 Å². The molecule has 3 rings (SSSR count). The summed E-state index contributed by atoms with van der Waals surface area (Å²) >= 11 is 0. The normalized spacial score (nSPS) is 13.1. The Balaban J connectivity index is 1.49. The van der Waals surface area contributed by atoms with Crippen molar-refractivity contribution in [3.05, 3.63) is 58.5 Å². The molecule has 0 saturated carbocycles. The van der Waals surface area contributed by atoms with E-state index >= 15 is 0 Å². The van der Waals surface area contributed by atoms with Crippen LogP contribution >= 0.6 is 0 Å². The minimum atomic E-state index is -1.26. The lowest BCUT2D eigenvalue weighted by Crippen LogP contribution is -2.23. The molecule has 0 spiro atoms. The van der Waals surface area contributed by atoms with Gasteiger partial charge >= 0.3 is 12.1 Å². The van der Waals surface area contributed by atoms with Crippen LogP contribution in [0.4, 0.5) is 4.79 Å². The highest BCUT2D eigenvalue weighted by atomic mass is 16.8. The Kier molecular flexibility index (Phi) is 7.13. The molecular weight excluding hydrogens is 428 g/mol. The molecule has 0 amide bonds. The van der Waals surface area contributed by atoms with Gasteiger partial charge in [-0.3, -0.25) is 19.2 Å². The van der Waals surface area contributed by atoms with Crippen LogP contribution in [-0.4, -0.2) is 65.8 Å². The highest BCUT2D eigenvalue weighted by molar-refractivity contribution is 6.27. The molecule has 2 N–H and O–H groups in total. The molecule has 1 unspecified atom stereocenters. The Hall–Kier alpha value is -3.83. The lowest BCUT2D eigenvalue weighted by Gasteiger charge is -2.11. The number of aliphatic hydroxyl groups is 2. The zero-order valence-electron chi connectivity index (χ0n) is 16.6. The predicted octanol–water partition coefficient (Wildman–Crippen LogP) is 1.02. The maximum Gasteiger partial charge on any atom is 0.511 e. The van der Waals surface area contributed by atoms with Crippen LogP contribution in [0.2, 0.25) is 0 Å². The second-order valence-corrected chi connectivity index (χ2v) is 6.66. The number of fused-ring (bicyclic) bond motifs is 2. The number of carbonyl (C=O) groups is 5. The van der Waals surface area contributed by atoms with Crippen LogP contribution in [0.25, 0.3) is 0 Å². The molecule has 0 bridgehead atoms. The second kappa shape index (κ2) is 9.98. The van der Waals surface area contributed by atoms with Gasteiger partial charge < -0.3 is 28.8 Å². The van der Waals surface area contributed by atoms with E-state index in [9.17, 15) is 24.0 Å². The van der Waals surface area contributed by atoms with Crippen LogP contribution in [-0.2, 0) is 19.0 Å². The van der Waals surface area contributed by atoms with Crippen molar-refractivity contribution >= 4 is 29.5 Å². The van der Waals surface area contributed by atoms with Gasteiger partial charge in [-0.1, -0.05) is 24.3 Å². The minimum Gasteiger partial charge on any atom is -0.449 e. The highest BCUT2D eigenvalue weighted by Gasteiger charge is 2.34. The van der Waals surface area contributed by atoms with E-state index in [1.54, 1.807) is 12.1 Å². The lowest BCUT2D eigenvalue weighted by molar-refractivity contribution is -0.153. The first kappa shape index (κ1) is 22.8. The number of hydrogen-bond donors (Lipinski definition) is 2. The van der Waals surface area contributed by atoms with E-state index in [0.29, 0.717) is 0 Å². The zero-order chi connectivity index (χ0) is 23.3. The Morgan fingerprint density at radius 3 is 2.31 bits per heavy atom. The van der Waals surface area contributed by atoms with Gasteiger partial charge in [-0.25, -0.2) is 4.79 Å². The van der Waals surface area contributed by atoms with E-state index in [1.165, 1.54) is 18.2 Å². The van der Waals surface area contributed by atoms with E-state index in [2.05, 4.69) is 14.2 Å². The summed E-state index contributed by atoms with van der Waals surface area (Å²) in [6.07, 6.45) is -3.21. The van der Waals surface area contributed by atoms with E-state index < -0.39 is 55.6 Å². The fraction of sp³-hybridized carbons (Fsp3) is 0.286. The van der Waals surface area contributed by atoms with Gasteiger partial charge in [0.1, 0.15) is 12.7 Å². The Labute approximate surface area is 180 Å². The molecule has 1 heterocycles. The Morgan fingerprint density at radius 1 is 0.938 bits per heavy atom. The maximum absolute atomic E-state index is 12.6. The molecule has 1 aliphatic rings. The zero-order valence-corrected chi connectivity index (χ0v) is 16.6. The Bertz CT molecular complexity index is 1010. The molecule has 1 aliphatic carbocycles. The van der Waals surface area contributed by atoms with Crippen LogP contribution in [0, 0.1) is 0 Å². The summed E-state index contributed by atoms with van der Waals surface area (Å²) in [5.41, 5.74) is 0.391. The van der Waals surface area contributed by atoms with E-state index in [4.69, 9.17) is 14.6 Å². The number of aliphatic hydroxyl groups excluding tert-OH is 2. The summed E-state index contributed by atoms with van der Waals surface area (Å²) in [7, 11) is 0. The molecule has 2 aromatic rings. The number of benzene rings is 1. The molecule has 1 aromatic carbocycles. The van der Waals surface area contributed by atoms with Gasteiger partial charge in [0.25, 0.3) is 0 Å². The first-order valence-corrected chi connectivity index (χ1v) is 9.41. The van der Waals surface area contributed by atoms with Crippen LogP contribution in [0.5, 0.6) is 0 Å². The van der Waals surface area contributed by atoms with Gasteiger partial charge in [-0.2, -0.15) is 0 Å². The average Bonchev–Trinajstić information content (AvgIpc) is 3.25. The number of esters is 1. The number of Topliss-reactive ketones (excluding diaryl/α,β-unsaturated/α-hetero) is 1. The number of carbonyl (C=O) groups excluding carboxylic acids is 5. The first-order valence-electron chi connectivity index (χ1n) is 9.41. The summed E-state index contributed by atoms with van der Waals surface area (Å²) < 4.78 is 18.8. The van der Waals surface area contributed by atoms with E-state index in [0.717, 1.165) is 0 Å². The van der Waals surface area contributed by atoms with Gasteiger partial charge in [-0.15, -0.1) is 0 Å².